The van der Waals surface area contributed by atoms with Gasteiger partial charge < -0.3 is 29.2 Å². The number of halogens is 2. The molecule has 1 aliphatic rings. The fourth-order valence-corrected chi connectivity index (χ4v) is 9.29. The van der Waals surface area contributed by atoms with Gasteiger partial charge in [-0.3, -0.25) is 23.5 Å². The van der Waals surface area contributed by atoms with Crippen molar-refractivity contribution in [1.29, 1.82) is 0 Å². The number of nitrogens with zero attached hydrogens (tertiary/aromatic N) is 2. The van der Waals surface area contributed by atoms with Gasteiger partial charge in [-0.25, -0.2) is 9.18 Å². The molecule has 2 aromatic carbocycles. The minimum atomic E-state index is -4.52. The minimum absolute atomic E-state index is 0.0613. The van der Waals surface area contributed by atoms with Crippen molar-refractivity contribution in [2.75, 3.05) is 13.0 Å². The fraction of sp³-hybridized carbons (Fsp3) is 0.400. The second kappa shape index (κ2) is 14.1. The lowest BCUT2D eigenvalue weighted by atomic mass is 10.1. The Bertz CT molecular complexity index is 1730. The van der Waals surface area contributed by atoms with Crippen LogP contribution in [0.15, 0.2) is 42.6 Å². The van der Waals surface area contributed by atoms with Gasteiger partial charge in [-0.1, -0.05) is 42.9 Å². The van der Waals surface area contributed by atoms with E-state index in [1.165, 1.54) is 52.9 Å². The number of rotatable bonds is 11. The van der Waals surface area contributed by atoms with Gasteiger partial charge in [-0.15, -0.1) is 0 Å². The summed E-state index contributed by atoms with van der Waals surface area (Å²) in [5.41, 5.74) is 0.811. The first-order valence-corrected chi connectivity index (χ1v) is 19.8. The third-order valence-electron chi connectivity index (χ3n) is 7.44. The molecule has 3 aromatic rings. The monoisotopic (exact) mass is 695 g/mol. The number of nitrogens with one attached hydrogen (secondary N) is 1. The van der Waals surface area contributed by atoms with Crippen LogP contribution in [0.3, 0.4) is 0 Å². The van der Waals surface area contributed by atoms with Crippen LogP contribution in [0.25, 0.3) is 10.9 Å². The molecule has 248 valence electrons. The largest absolute Gasteiger partial charge is 0.510 e. The zero-order valence-corrected chi connectivity index (χ0v) is 28.7. The molecule has 2 N–H and O–H groups in total. The predicted molar refractivity (Wildman–Crippen MR) is 171 cm³/mol. The van der Waals surface area contributed by atoms with Gasteiger partial charge in [0.1, 0.15) is 18.4 Å². The number of ether oxygens (including phenoxy) is 2. The lowest BCUT2D eigenvalue weighted by Crippen LogP contribution is -2.46. The summed E-state index contributed by atoms with van der Waals surface area (Å²) in [6.45, 7) is 7.47. The molecule has 1 fully saturated rings. The summed E-state index contributed by atoms with van der Waals surface area (Å²) in [6.07, 6.45) is 0.358. The molecule has 0 radical (unpaired) electrons. The van der Waals surface area contributed by atoms with Gasteiger partial charge in [0.05, 0.1) is 30.0 Å². The molecule has 1 aliphatic heterocycles. The van der Waals surface area contributed by atoms with E-state index in [9.17, 15) is 33.0 Å². The Kier molecular flexibility index (Phi) is 10.8. The Hall–Kier alpha value is -3.55. The number of hydrogen-bond acceptors (Lipinski definition) is 8. The van der Waals surface area contributed by atoms with Crippen LogP contribution in [0.5, 0.6) is 0 Å². The summed E-state index contributed by atoms with van der Waals surface area (Å²) >= 11 is 5.86. The minimum Gasteiger partial charge on any atom is -0.432 e. The quantitative estimate of drug-likeness (QED) is 0.0951. The van der Waals surface area contributed by atoms with Crippen LogP contribution in [0.2, 0.25) is 24.2 Å². The molecule has 1 saturated heterocycles. The molecule has 46 heavy (non-hydrogen) atoms. The fourth-order valence-electron chi connectivity index (χ4n) is 5.30. The highest BCUT2D eigenvalue weighted by Gasteiger charge is 2.44. The molecule has 1 unspecified atom stereocenters. The second-order valence-corrected chi connectivity index (χ2v) is 19.4. The highest BCUT2D eigenvalue weighted by molar-refractivity contribution is 7.61. The maximum absolute atomic E-state index is 14.4. The van der Waals surface area contributed by atoms with Gasteiger partial charge in [0.25, 0.3) is 0 Å². The Morgan fingerprint density at radius 2 is 1.91 bits per heavy atom. The third kappa shape index (κ3) is 8.23. The lowest BCUT2D eigenvalue weighted by Gasteiger charge is -2.25. The summed E-state index contributed by atoms with van der Waals surface area (Å²) in [5.74, 6) is -1.74. The average molecular weight is 696 g/mol. The van der Waals surface area contributed by atoms with Crippen molar-refractivity contribution in [3.63, 3.8) is 0 Å². The number of ketones is 1. The number of carbonyl (C=O) groups is 4. The Morgan fingerprint density at radius 1 is 1.20 bits per heavy atom. The van der Waals surface area contributed by atoms with Crippen molar-refractivity contribution in [3.8, 4) is 0 Å². The Balaban J connectivity index is 1.55. The summed E-state index contributed by atoms with van der Waals surface area (Å²) in [4.78, 5) is 63.2. The molecule has 1 aromatic heterocycles. The number of aromatic nitrogens is 1. The van der Waals surface area contributed by atoms with Crippen LogP contribution in [0.1, 0.15) is 36.7 Å². The van der Waals surface area contributed by atoms with E-state index in [1.807, 2.05) is 0 Å². The SMILES string of the molecule is CC(=O)c1cn(CC(=O)N2C[Si](C)(C)C[C@H]2C(=O)NCc2cccc(Cl)c2F)c2cc(P(=O)(O)OCOC(=O)OC(C)C)ccc12. The highest BCUT2D eigenvalue weighted by atomic mass is 35.5. The number of amides is 2. The van der Waals surface area contributed by atoms with Crippen LogP contribution in [-0.4, -0.2) is 71.3 Å². The van der Waals surface area contributed by atoms with Crippen LogP contribution in [0.4, 0.5) is 9.18 Å². The zero-order chi connectivity index (χ0) is 34.0. The molecule has 0 saturated carbocycles. The van der Waals surface area contributed by atoms with Crippen LogP contribution in [0, 0.1) is 5.82 Å². The van der Waals surface area contributed by atoms with E-state index in [1.54, 1.807) is 19.9 Å². The smallest absolute Gasteiger partial charge is 0.432 e. The lowest BCUT2D eigenvalue weighted by molar-refractivity contribution is -0.138. The first kappa shape index (κ1) is 35.3. The molecule has 16 heteroatoms. The number of hydrogen-bond donors (Lipinski definition) is 2. The van der Waals surface area contributed by atoms with Crippen molar-refractivity contribution < 1.29 is 47.0 Å². The summed E-state index contributed by atoms with van der Waals surface area (Å²) < 4.78 is 43.4. The van der Waals surface area contributed by atoms with E-state index >= 15 is 0 Å². The normalized spacial score (nSPS) is 17.2. The van der Waals surface area contributed by atoms with E-state index in [4.69, 9.17) is 25.6 Å². The summed E-state index contributed by atoms with van der Waals surface area (Å²) in [7, 11) is -6.53. The van der Waals surface area contributed by atoms with Crippen molar-refractivity contribution >= 4 is 67.2 Å². The van der Waals surface area contributed by atoms with E-state index in [2.05, 4.69) is 18.4 Å². The first-order chi connectivity index (χ1) is 21.5. The molecule has 0 bridgehead atoms. The molecule has 2 heterocycles. The van der Waals surface area contributed by atoms with Crippen LogP contribution in [-0.2, 0) is 41.2 Å². The molecule has 4 rings (SSSR count). The van der Waals surface area contributed by atoms with Crippen LogP contribution >= 0.6 is 19.2 Å². The van der Waals surface area contributed by atoms with E-state index in [-0.39, 0.29) is 40.3 Å². The molecule has 2 atom stereocenters. The second-order valence-electron chi connectivity index (χ2n) is 12.1. The van der Waals surface area contributed by atoms with Crippen molar-refractivity contribution in [2.24, 2.45) is 0 Å². The molecule has 0 aliphatic carbocycles. The predicted octanol–water partition coefficient (Wildman–Crippen LogP) is 4.76. The summed E-state index contributed by atoms with van der Waals surface area (Å²) in [6, 6.07) is 8.33. The molecule has 12 nitrogen and oxygen atoms in total. The maximum atomic E-state index is 14.4. The van der Waals surface area contributed by atoms with E-state index < -0.39 is 58.4 Å². The molecule has 2 amide bonds. The topological polar surface area (TPSA) is 153 Å². The Labute approximate surface area is 271 Å². The number of benzene rings is 2. The number of Topliss-reactive ketones (excluding diaryl/α,β-unsaturated/α-hetero) is 1. The van der Waals surface area contributed by atoms with Crippen molar-refractivity contribution in [2.45, 2.75) is 65.1 Å². The first-order valence-electron chi connectivity index (χ1n) is 14.4. The van der Waals surface area contributed by atoms with Crippen LogP contribution < -0.4 is 10.6 Å². The van der Waals surface area contributed by atoms with Gasteiger partial charge in [0.15, 0.2) is 5.78 Å². The van der Waals surface area contributed by atoms with Crippen molar-refractivity contribution in [3.05, 3.63) is 64.6 Å². The summed E-state index contributed by atoms with van der Waals surface area (Å²) in [5, 5.41) is 2.94. The number of fused-ring (bicyclic) bond motifs is 1. The maximum Gasteiger partial charge on any atom is 0.510 e. The highest BCUT2D eigenvalue weighted by Crippen LogP contribution is 2.41. The standard InChI is InChI=1S/C30H36ClFN3O9PSi/c1-18(2)44-30(39)42-17-43-45(40,41)21-9-10-22-23(19(3)36)13-34(25(22)11-21)14-27(37)35-16-46(4,5)15-26(35)29(38)33-12-20-7-6-8-24(31)28(20)32/h6-11,13,18,26H,12,14-17H2,1-5H3,(H,33,38)(H,40,41)/t26-/m0/s1. The zero-order valence-electron chi connectivity index (χ0n) is 26.0. The molecular weight excluding hydrogens is 660 g/mol. The Morgan fingerprint density at radius 3 is 2.59 bits per heavy atom. The van der Waals surface area contributed by atoms with Gasteiger partial charge >= 0.3 is 13.8 Å². The number of carbonyl (C=O) groups excluding carboxylic acids is 4. The van der Waals surface area contributed by atoms with E-state index in [0.29, 0.717) is 23.1 Å². The third-order valence-corrected chi connectivity index (χ3v) is 11.8. The van der Waals surface area contributed by atoms with Gasteiger partial charge in [-0.05, 0) is 45.0 Å². The van der Waals surface area contributed by atoms with E-state index in [0.717, 1.165) is 0 Å². The van der Waals surface area contributed by atoms with Gasteiger partial charge in [0, 0.05) is 35.4 Å². The van der Waals surface area contributed by atoms with Gasteiger partial charge in [-0.2, -0.15) is 0 Å². The average Bonchev–Trinajstić information content (AvgIpc) is 3.49. The van der Waals surface area contributed by atoms with Crippen molar-refractivity contribution in [1.82, 2.24) is 14.8 Å². The molecular formula is C30H36ClFN3O9PSi. The molecule has 0 spiro atoms. The van der Waals surface area contributed by atoms with Gasteiger partial charge in [0.2, 0.25) is 18.6 Å².